The maximum absolute atomic E-state index is 12.9. The van der Waals surface area contributed by atoms with Crippen molar-refractivity contribution in [2.75, 3.05) is 32.7 Å². The molecule has 2 aliphatic heterocycles. The van der Waals surface area contributed by atoms with Gasteiger partial charge in [-0.15, -0.1) is 12.4 Å². The van der Waals surface area contributed by atoms with E-state index in [0.29, 0.717) is 32.0 Å². The molecule has 26 heavy (non-hydrogen) atoms. The van der Waals surface area contributed by atoms with Gasteiger partial charge in [0, 0.05) is 38.1 Å². The SMILES string of the molecule is CC(C)c1ncc(Cl)c(C(=O)N2CCCC(N3CCNCC3=O)C2)n1.Cl. The predicted octanol–water partition coefficient (Wildman–Crippen LogP) is 1.71. The second-order valence-corrected chi connectivity index (χ2v) is 7.30. The van der Waals surface area contributed by atoms with E-state index < -0.39 is 0 Å². The van der Waals surface area contributed by atoms with Crippen LogP contribution in [-0.2, 0) is 4.79 Å². The van der Waals surface area contributed by atoms with Gasteiger partial charge in [-0.3, -0.25) is 9.59 Å². The number of halogens is 2. The highest BCUT2D eigenvalue weighted by Crippen LogP contribution is 2.22. The number of piperazine rings is 1. The summed E-state index contributed by atoms with van der Waals surface area (Å²) in [6.45, 7) is 7.01. The Morgan fingerprint density at radius 3 is 2.85 bits per heavy atom. The Kier molecular flexibility index (Phi) is 7.20. The molecule has 144 valence electrons. The Morgan fingerprint density at radius 1 is 1.38 bits per heavy atom. The Hall–Kier alpha value is -1.44. The first kappa shape index (κ1) is 20.9. The molecule has 0 saturated carbocycles. The molecule has 1 atom stereocenters. The van der Waals surface area contributed by atoms with Crippen LogP contribution in [0.25, 0.3) is 0 Å². The number of nitrogens with one attached hydrogen (secondary N) is 1. The highest BCUT2D eigenvalue weighted by Gasteiger charge is 2.33. The van der Waals surface area contributed by atoms with Crippen LogP contribution >= 0.6 is 24.0 Å². The fourth-order valence-electron chi connectivity index (χ4n) is 3.36. The molecule has 1 N–H and O–H groups in total. The monoisotopic (exact) mass is 401 g/mol. The zero-order chi connectivity index (χ0) is 18.0. The summed E-state index contributed by atoms with van der Waals surface area (Å²) in [4.78, 5) is 37.3. The molecule has 9 heteroatoms. The van der Waals surface area contributed by atoms with Crippen molar-refractivity contribution in [3.8, 4) is 0 Å². The minimum Gasteiger partial charge on any atom is -0.336 e. The fraction of sp³-hybridized carbons (Fsp3) is 0.647. The van der Waals surface area contributed by atoms with Crippen LogP contribution in [0.5, 0.6) is 0 Å². The second kappa shape index (κ2) is 8.97. The van der Waals surface area contributed by atoms with Crippen LogP contribution in [0.4, 0.5) is 0 Å². The maximum Gasteiger partial charge on any atom is 0.274 e. The van der Waals surface area contributed by atoms with Gasteiger partial charge >= 0.3 is 0 Å². The minimum absolute atomic E-state index is 0. The Balaban J connectivity index is 0.00000243. The Bertz CT molecular complexity index is 671. The van der Waals surface area contributed by atoms with Gasteiger partial charge < -0.3 is 15.1 Å². The first-order chi connectivity index (χ1) is 12.0. The summed E-state index contributed by atoms with van der Waals surface area (Å²) in [5.74, 6) is 0.657. The molecule has 2 saturated heterocycles. The molecule has 3 rings (SSSR count). The molecule has 3 heterocycles. The van der Waals surface area contributed by atoms with Crippen LogP contribution in [0.15, 0.2) is 6.20 Å². The summed E-state index contributed by atoms with van der Waals surface area (Å²) in [7, 11) is 0. The van der Waals surface area contributed by atoms with Gasteiger partial charge in [-0.1, -0.05) is 25.4 Å². The number of hydrogen-bond donors (Lipinski definition) is 1. The van der Waals surface area contributed by atoms with Crippen LogP contribution in [0.2, 0.25) is 5.02 Å². The zero-order valence-corrected chi connectivity index (χ0v) is 16.6. The average Bonchev–Trinajstić information content (AvgIpc) is 2.62. The number of carbonyl (C=O) groups excluding carboxylic acids is 2. The van der Waals surface area contributed by atoms with Gasteiger partial charge in [-0.25, -0.2) is 9.97 Å². The van der Waals surface area contributed by atoms with Crippen molar-refractivity contribution in [2.45, 2.75) is 38.6 Å². The average molecular weight is 402 g/mol. The summed E-state index contributed by atoms with van der Waals surface area (Å²) >= 11 is 6.18. The fourth-order valence-corrected chi connectivity index (χ4v) is 3.53. The molecule has 0 aliphatic carbocycles. The van der Waals surface area contributed by atoms with Crippen LogP contribution < -0.4 is 5.32 Å². The number of aromatic nitrogens is 2. The van der Waals surface area contributed by atoms with Gasteiger partial charge in [0.15, 0.2) is 5.69 Å². The maximum atomic E-state index is 12.9. The number of carbonyl (C=O) groups is 2. The molecule has 1 aromatic rings. The molecular formula is C17H25Cl2N5O2. The number of rotatable bonds is 3. The highest BCUT2D eigenvalue weighted by atomic mass is 35.5. The van der Waals surface area contributed by atoms with Crippen LogP contribution in [0, 0.1) is 0 Å². The van der Waals surface area contributed by atoms with E-state index in [2.05, 4.69) is 15.3 Å². The molecule has 0 aromatic carbocycles. The number of hydrogen-bond acceptors (Lipinski definition) is 5. The van der Waals surface area contributed by atoms with Gasteiger partial charge in [-0.2, -0.15) is 0 Å². The van der Waals surface area contributed by atoms with Crippen LogP contribution in [-0.4, -0.2) is 70.3 Å². The highest BCUT2D eigenvalue weighted by molar-refractivity contribution is 6.33. The van der Waals surface area contributed by atoms with Gasteiger partial charge in [0.25, 0.3) is 5.91 Å². The predicted molar refractivity (Wildman–Crippen MR) is 102 cm³/mol. The summed E-state index contributed by atoms with van der Waals surface area (Å²) in [6, 6.07) is 0.0671. The third kappa shape index (κ3) is 4.45. The van der Waals surface area contributed by atoms with E-state index in [1.54, 1.807) is 4.90 Å². The molecular weight excluding hydrogens is 377 g/mol. The van der Waals surface area contributed by atoms with E-state index in [9.17, 15) is 9.59 Å². The van der Waals surface area contributed by atoms with E-state index >= 15 is 0 Å². The van der Waals surface area contributed by atoms with Crippen molar-refractivity contribution < 1.29 is 9.59 Å². The number of likely N-dealkylation sites (tertiary alicyclic amines) is 1. The van der Waals surface area contributed by atoms with E-state index in [0.717, 1.165) is 19.4 Å². The van der Waals surface area contributed by atoms with Gasteiger partial charge in [0.2, 0.25) is 5.91 Å². The third-order valence-corrected chi connectivity index (χ3v) is 5.01. The largest absolute Gasteiger partial charge is 0.336 e. The van der Waals surface area contributed by atoms with Gasteiger partial charge in [0.1, 0.15) is 5.82 Å². The molecule has 0 spiro atoms. The zero-order valence-electron chi connectivity index (χ0n) is 15.1. The summed E-state index contributed by atoms with van der Waals surface area (Å²) in [6.07, 6.45) is 3.29. The van der Waals surface area contributed by atoms with Crippen molar-refractivity contribution in [3.05, 3.63) is 22.7 Å². The minimum atomic E-state index is -0.179. The van der Waals surface area contributed by atoms with Gasteiger partial charge in [0.05, 0.1) is 17.8 Å². The first-order valence-electron chi connectivity index (χ1n) is 8.79. The molecule has 2 amide bonds. The van der Waals surface area contributed by atoms with Crippen LogP contribution in [0.3, 0.4) is 0 Å². The number of piperidine rings is 1. The lowest BCUT2D eigenvalue weighted by Gasteiger charge is -2.41. The molecule has 1 unspecified atom stereocenters. The lowest BCUT2D eigenvalue weighted by atomic mass is 10.0. The Labute approximate surface area is 164 Å². The van der Waals surface area contributed by atoms with Crippen molar-refractivity contribution in [1.82, 2.24) is 25.1 Å². The summed E-state index contributed by atoms with van der Waals surface area (Å²) < 4.78 is 0. The summed E-state index contributed by atoms with van der Waals surface area (Å²) in [5.41, 5.74) is 0.257. The van der Waals surface area contributed by atoms with E-state index in [4.69, 9.17) is 11.6 Å². The normalized spacial score (nSPS) is 20.9. The number of amides is 2. The van der Waals surface area contributed by atoms with Crippen molar-refractivity contribution in [1.29, 1.82) is 0 Å². The first-order valence-corrected chi connectivity index (χ1v) is 9.17. The summed E-state index contributed by atoms with van der Waals surface area (Å²) in [5, 5.41) is 3.35. The van der Waals surface area contributed by atoms with Crippen LogP contribution in [0.1, 0.15) is 48.9 Å². The molecule has 2 fully saturated rings. The third-order valence-electron chi connectivity index (χ3n) is 4.73. The lowest BCUT2D eigenvalue weighted by molar-refractivity contribution is -0.135. The Morgan fingerprint density at radius 2 is 2.15 bits per heavy atom. The molecule has 0 bridgehead atoms. The smallest absolute Gasteiger partial charge is 0.274 e. The second-order valence-electron chi connectivity index (χ2n) is 6.89. The lowest BCUT2D eigenvalue weighted by Crippen LogP contribution is -2.57. The molecule has 1 aromatic heterocycles. The standard InChI is InChI=1S/C17H24ClN5O2.ClH/c1-11(2)16-20-8-13(18)15(21-16)17(25)22-6-3-4-12(10-22)23-7-5-19-9-14(23)24;/h8,11-12,19H,3-7,9-10H2,1-2H3;1H. The van der Waals surface area contributed by atoms with E-state index in [1.807, 2.05) is 18.7 Å². The van der Waals surface area contributed by atoms with Gasteiger partial charge in [-0.05, 0) is 12.8 Å². The molecule has 0 radical (unpaired) electrons. The van der Waals surface area contributed by atoms with E-state index in [1.165, 1.54) is 6.20 Å². The molecule has 7 nitrogen and oxygen atoms in total. The number of nitrogens with zero attached hydrogens (tertiary/aromatic N) is 4. The van der Waals surface area contributed by atoms with Crippen molar-refractivity contribution in [2.24, 2.45) is 0 Å². The topological polar surface area (TPSA) is 78.4 Å². The van der Waals surface area contributed by atoms with Crippen molar-refractivity contribution >= 4 is 35.8 Å². The van der Waals surface area contributed by atoms with E-state index in [-0.39, 0.29) is 46.9 Å². The molecule has 2 aliphatic rings. The van der Waals surface area contributed by atoms with Crippen molar-refractivity contribution in [3.63, 3.8) is 0 Å². The quantitative estimate of drug-likeness (QED) is 0.833.